The first kappa shape index (κ1) is 16.6. The molecule has 1 aliphatic heterocycles. The van der Waals surface area contributed by atoms with Gasteiger partial charge in [-0.15, -0.1) is 0 Å². The van der Waals surface area contributed by atoms with Gasteiger partial charge in [-0.05, 0) is 33.6 Å². The Morgan fingerprint density at radius 2 is 1.90 bits per heavy atom. The summed E-state index contributed by atoms with van der Waals surface area (Å²) in [7, 11) is 0. The molecule has 3 amide bonds. The third kappa shape index (κ3) is 7.83. The summed E-state index contributed by atoms with van der Waals surface area (Å²) in [5, 5.41) is 7.94. The number of hydrogen-bond acceptors (Lipinski definition) is 4. The fourth-order valence-corrected chi connectivity index (χ4v) is 1.73. The van der Waals surface area contributed by atoms with E-state index in [1.165, 1.54) is 0 Å². The fourth-order valence-electron chi connectivity index (χ4n) is 1.73. The van der Waals surface area contributed by atoms with Gasteiger partial charge in [-0.2, -0.15) is 0 Å². The van der Waals surface area contributed by atoms with E-state index in [1.807, 2.05) is 0 Å². The predicted octanol–water partition coefficient (Wildman–Crippen LogP) is 0.989. The summed E-state index contributed by atoms with van der Waals surface area (Å²) in [6.07, 6.45) is 1.67. The quantitative estimate of drug-likeness (QED) is 0.658. The smallest absolute Gasteiger partial charge is 0.407 e. The second kappa shape index (κ2) is 7.94. The maximum Gasteiger partial charge on any atom is 0.407 e. The zero-order valence-corrected chi connectivity index (χ0v) is 12.5. The third-order valence-electron chi connectivity index (χ3n) is 2.59. The summed E-state index contributed by atoms with van der Waals surface area (Å²) in [5.41, 5.74) is -0.518. The Bertz CT molecular complexity index is 322. The van der Waals surface area contributed by atoms with Crippen LogP contribution in [0.1, 0.15) is 33.6 Å². The predicted molar refractivity (Wildman–Crippen MR) is 74.6 cm³/mol. The number of hydrogen-bond donors (Lipinski definition) is 3. The molecule has 0 bridgehead atoms. The first-order valence-corrected chi connectivity index (χ1v) is 6.97. The molecule has 20 heavy (non-hydrogen) atoms. The molecule has 116 valence electrons. The van der Waals surface area contributed by atoms with Crippen LogP contribution in [0.5, 0.6) is 0 Å². The van der Waals surface area contributed by atoms with E-state index in [2.05, 4.69) is 16.0 Å². The first-order chi connectivity index (χ1) is 9.37. The average molecular weight is 287 g/mol. The lowest BCUT2D eigenvalue weighted by Gasteiger charge is -2.19. The van der Waals surface area contributed by atoms with E-state index in [-0.39, 0.29) is 12.1 Å². The molecule has 1 rings (SSSR count). The highest BCUT2D eigenvalue weighted by Crippen LogP contribution is 2.10. The van der Waals surface area contributed by atoms with Crippen molar-refractivity contribution in [2.45, 2.75) is 45.3 Å². The van der Waals surface area contributed by atoms with Crippen LogP contribution in [0.25, 0.3) is 0 Å². The Balaban J connectivity index is 2.00. The van der Waals surface area contributed by atoms with Crippen molar-refractivity contribution < 1.29 is 19.1 Å². The van der Waals surface area contributed by atoms with E-state index >= 15 is 0 Å². The Hall–Kier alpha value is -1.50. The minimum atomic E-state index is -0.518. The molecule has 3 N–H and O–H groups in total. The standard InChI is InChI=1S/C13H25N3O4/c1-13(2,3)20-12(18)15-7-6-14-11(17)16-9-10-5-4-8-19-10/h10H,4-9H2,1-3H3,(H,15,18)(H2,14,16,17). The topological polar surface area (TPSA) is 88.7 Å². The highest BCUT2D eigenvalue weighted by molar-refractivity contribution is 5.74. The molecule has 1 saturated heterocycles. The largest absolute Gasteiger partial charge is 0.444 e. The number of rotatable bonds is 5. The van der Waals surface area contributed by atoms with Gasteiger partial charge in [-0.3, -0.25) is 0 Å². The zero-order chi connectivity index (χ0) is 15.0. The highest BCUT2D eigenvalue weighted by atomic mass is 16.6. The normalized spacial score (nSPS) is 18.4. The molecule has 0 spiro atoms. The molecular formula is C13H25N3O4. The second-order valence-electron chi connectivity index (χ2n) is 5.70. The molecule has 0 aromatic rings. The summed E-state index contributed by atoms with van der Waals surface area (Å²) in [5.74, 6) is 0. The molecule has 1 aliphatic rings. The minimum absolute atomic E-state index is 0.126. The van der Waals surface area contributed by atoms with Gasteiger partial charge >= 0.3 is 12.1 Å². The number of amides is 3. The lowest BCUT2D eigenvalue weighted by atomic mass is 10.2. The summed E-state index contributed by atoms with van der Waals surface area (Å²) < 4.78 is 10.5. The summed E-state index contributed by atoms with van der Waals surface area (Å²) in [6, 6.07) is -0.258. The SMILES string of the molecule is CC(C)(C)OC(=O)NCCNC(=O)NCC1CCCO1. The number of carbonyl (C=O) groups excluding carboxylic acids is 2. The van der Waals surface area contributed by atoms with Crippen molar-refractivity contribution >= 4 is 12.1 Å². The van der Waals surface area contributed by atoms with Gasteiger partial charge in [0.05, 0.1) is 6.10 Å². The summed E-state index contributed by atoms with van der Waals surface area (Å²) in [4.78, 5) is 22.8. The van der Waals surface area contributed by atoms with E-state index in [9.17, 15) is 9.59 Å². The second-order valence-corrected chi connectivity index (χ2v) is 5.70. The molecule has 1 heterocycles. The monoisotopic (exact) mass is 287 g/mol. The molecule has 7 nitrogen and oxygen atoms in total. The van der Waals surface area contributed by atoms with Gasteiger partial charge in [-0.25, -0.2) is 9.59 Å². The van der Waals surface area contributed by atoms with Crippen LogP contribution < -0.4 is 16.0 Å². The van der Waals surface area contributed by atoms with Crippen molar-refractivity contribution in [3.63, 3.8) is 0 Å². The Kier molecular flexibility index (Phi) is 6.57. The van der Waals surface area contributed by atoms with Crippen molar-refractivity contribution in [2.75, 3.05) is 26.2 Å². The van der Waals surface area contributed by atoms with E-state index in [1.54, 1.807) is 20.8 Å². The molecule has 1 unspecified atom stereocenters. The molecule has 1 atom stereocenters. The van der Waals surface area contributed by atoms with Crippen LogP contribution in [0, 0.1) is 0 Å². The van der Waals surface area contributed by atoms with Gasteiger partial charge in [0.1, 0.15) is 5.60 Å². The number of carbonyl (C=O) groups is 2. The van der Waals surface area contributed by atoms with Crippen molar-refractivity contribution in [1.82, 2.24) is 16.0 Å². The van der Waals surface area contributed by atoms with Crippen LogP contribution in [0.2, 0.25) is 0 Å². The van der Waals surface area contributed by atoms with Crippen molar-refractivity contribution in [3.05, 3.63) is 0 Å². The third-order valence-corrected chi connectivity index (χ3v) is 2.59. The first-order valence-electron chi connectivity index (χ1n) is 6.97. The van der Waals surface area contributed by atoms with E-state index in [0.29, 0.717) is 19.6 Å². The van der Waals surface area contributed by atoms with Gasteiger partial charge in [0.25, 0.3) is 0 Å². The maximum absolute atomic E-state index is 11.5. The van der Waals surface area contributed by atoms with Gasteiger partial charge in [-0.1, -0.05) is 0 Å². The van der Waals surface area contributed by atoms with Crippen LogP contribution in [-0.4, -0.2) is 50.1 Å². The highest BCUT2D eigenvalue weighted by Gasteiger charge is 2.16. The van der Waals surface area contributed by atoms with Gasteiger partial charge in [0.15, 0.2) is 0 Å². The average Bonchev–Trinajstić information content (AvgIpc) is 2.83. The Labute approximate surface area is 119 Å². The van der Waals surface area contributed by atoms with E-state index in [0.717, 1.165) is 19.4 Å². The number of alkyl carbamates (subject to hydrolysis) is 1. The molecule has 0 aliphatic carbocycles. The molecule has 0 radical (unpaired) electrons. The van der Waals surface area contributed by atoms with Crippen LogP contribution in [0.3, 0.4) is 0 Å². The van der Waals surface area contributed by atoms with E-state index < -0.39 is 11.7 Å². The number of nitrogens with one attached hydrogen (secondary N) is 3. The lowest BCUT2D eigenvalue weighted by molar-refractivity contribution is 0.0528. The van der Waals surface area contributed by atoms with E-state index in [4.69, 9.17) is 9.47 Å². The molecular weight excluding hydrogens is 262 g/mol. The molecule has 0 aromatic heterocycles. The number of ether oxygens (including phenoxy) is 2. The van der Waals surface area contributed by atoms with Crippen molar-refractivity contribution in [1.29, 1.82) is 0 Å². The molecule has 0 aromatic carbocycles. The molecule has 7 heteroatoms. The molecule has 1 fully saturated rings. The summed E-state index contributed by atoms with van der Waals surface area (Å²) >= 11 is 0. The van der Waals surface area contributed by atoms with Gasteiger partial charge in [0, 0.05) is 26.2 Å². The zero-order valence-electron chi connectivity index (χ0n) is 12.5. The Morgan fingerprint density at radius 3 is 2.50 bits per heavy atom. The van der Waals surface area contributed by atoms with Crippen LogP contribution in [0.4, 0.5) is 9.59 Å². The fraction of sp³-hybridized carbons (Fsp3) is 0.846. The van der Waals surface area contributed by atoms with Crippen LogP contribution >= 0.6 is 0 Å². The maximum atomic E-state index is 11.5. The van der Waals surface area contributed by atoms with Gasteiger partial charge in [0.2, 0.25) is 0 Å². The minimum Gasteiger partial charge on any atom is -0.444 e. The van der Waals surface area contributed by atoms with Crippen LogP contribution in [0.15, 0.2) is 0 Å². The van der Waals surface area contributed by atoms with Crippen molar-refractivity contribution in [3.8, 4) is 0 Å². The molecule has 0 saturated carbocycles. The summed E-state index contributed by atoms with van der Waals surface area (Å²) in [6.45, 7) is 7.34. The Morgan fingerprint density at radius 1 is 1.20 bits per heavy atom. The van der Waals surface area contributed by atoms with Gasteiger partial charge < -0.3 is 25.4 Å². The van der Waals surface area contributed by atoms with Crippen molar-refractivity contribution in [2.24, 2.45) is 0 Å². The van der Waals surface area contributed by atoms with Crippen LogP contribution in [-0.2, 0) is 9.47 Å². The number of urea groups is 1. The lowest BCUT2D eigenvalue weighted by Crippen LogP contribution is -2.43.